The summed E-state index contributed by atoms with van der Waals surface area (Å²) in [7, 11) is -6.07. The topological polar surface area (TPSA) is 0 Å². The van der Waals surface area contributed by atoms with Crippen LogP contribution in [0.1, 0.15) is 90.4 Å². The lowest BCUT2D eigenvalue weighted by Gasteiger charge is -2.54. The summed E-state index contributed by atoms with van der Waals surface area (Å²) < 4.78 is 0. The highest BCUT2D eigenvalue weighted by molar-refractivity contribution is 6.77. The lowest BCUT2D eigenvalue weighted by Crippen LogP contribution is -2.40. The molecule has 0 N–H and O–H groups in total. The molecule has 0 unspecified atom stereocenters. The predicted octanol–water partition coefficient (Wildman–Crippen LogP) is 14.0. The summed E-state index contributed by atoms with van der Waals surface area (Å²) in [6, 6.07) is 69.6. The van der Waals surface area contributed by atoms with E-state index in [-0.39, 0.29) is 0 Å². The molecule has 4 heteroatoms. The molecule has 12 bridgehead atoms. The third kappa shape index (κ3) is 9.33. The van der Waals surface area contributed by atoms with Crippen molar-refractivity contribution in [2.75, 3.05) is 0 Å². The fourth-order valence-electron chi connectivity index (χ4n) is 12.1. The number of hydrogen-bond donors (Lipinski definition) is 0. The molecule has 6 aromatic rings. The van der Waals surface area contributed by atoms with Crippen LogP contribution in [0.2, 0.25) is 52.4 Å². The maximum atomic E-state index is 2.59. The van der Waals surface area contributed by atoms with Crippen molar-refractivity contribution in [3.63, 3.8) is 0 Å². The highest BCUT2D eigenvalue weighted by Gasteiger charge is 2.52. The van der Waals surface area contributed by atoms with Gasteiger partial charge >= 0.3 is 0 Å². The Morgan fingerprint density at radius 3 is 0.467 bits per heavy atom. The van der Waals surface area contributed by atoms with Crippen molar-refractivity contribution in [3.8, 4) is 0 Å². The number of rotatable bonds is 0. The SMILES string of the molecule is C[Si]1(C)Cc2ccc(cc2)C[Si](C)(C)Cc2ccc(cc2)C2C(c3ccc(cc3)C1)C1c3ccc(cc3)C[Si](C)(C)Cc3ccc(cc3)C[Si](C)(C)Cc3ccc(cc3)C21. The van der Waals surface area contributed by atoms with Crippen LogP contribution in [0.3, 0.4) is 0 Å². The van der Waals surface area contributed by atoms with Crippen LogP contribution >= 0.6 is 0 Å². The molecule has 1 aliphatic carbocycles. The van der Waals surface area contributed by atoms with Gasteiger partial charge in [-0.15, -0.1) is 0 Å². The molecule has 8 heterocycles. The van der Waals surface area contributed by atoms with Gasteiger partial charge in [-0.2, -0.15) is 0 Å². The quantitative estimate of drug-likeness (QED) is 0.134. The molecule has 308 valence electrons. The molecule has 0 saturated heterocycles. The Kier molecular flexibility index (Phi) is 11.2. The van der Waals surface area contributed by atoms with Gasteiger partial charge in [-0.1, -0.05) is 242 Å². The van der Waals surface area contributed by atoms with Crippen LogP contribution < -0.4 is 0 Å². The Balaban J connectivity index is 1.15. The van der Waals surface area contributed by atoms with E-state index in [4.69, 9.17) is 0 Å². The first-order valence-electron chi connectivity index (χ1n) is 23.1. The van der Waals surface area contributed by atoms with Gasteiger partial charge in [0.2, 0.25) is 0 Å². The van der Waals surface area contributed by atoms with E-state index in [0.29, 0.717) is 23.7 Å². The average molecular weight is 854 g/mol. The second kappa shape index (κ2) is 16.1. The van der Waals surface area contributed by atoms with Gasteiger partial charge in [0.25, 0.3) is 0 Å². The molecule has 0 spiro atoms. The molecule has 0 amide bonds. The van der Waals surface area contributed by atoms with Gasteiger partial charge in [0.05, 0.1) is 32.3 Å². The average Bonchev–Trinajstić information content (AvgIpc) is 3.17. The van der Waals surface area contributed by atoms with Crippen molar-refractivity contribution in [2.24, 2.45) is 0 Å². The maximum Gasteiger partial charge on any atom is 0.0561 e. The molecule has 6 aromatic carbocycles. The first kappa shape index (κ1) is 41.5. The van der Waals surface area contributed by atoms with E-state index in [1.165, 1.54) is 115 Å². The minimum absolute atomic E-state index is 0.414. The molecule has 1 saturated carbocycles. The van der Waals surface area contributed by atoms with Crippen molar-refractivity contribution in [1.29, 1.82) is 0 Å². The maximum absolute atomic E-state index is 2.59. The second-order valence-electron chi connectivity index (χ2n) is 22.8. The first-order valence-corrected chi connectivity index (χ1v) is 36.7. The van der Waals surface area contributed by atoms with E-state index in [9.17, 15) is 0 Å². The first-order chi connectivity index (χ1) is 28.6. The zero-order valence-corrected chi connectivity index (χ0v) is 41.8. The van der Waals surface area contributed by atoms with E-state index in [0.717, 1.165) is 0 Å². The monoisotopic (exact) mass is 852 g/mol. The molecule has 0 aromatic heterocycles. The molecular weight excluding hydrogens is 785 g/mol. The van der Waals surface area contributed by atoms with Crippen molar-refractivity contribution >= 4 is 32.3 Å². The van der Waals surface area contributed by atoms with Crippen molar-refractivity contribution in [1.82, 2.24) is 0 Å². The van der Waals surface area contributed by atoms with Crippen LogP contribution in [0, 0.1) is 0 Å². The van der Waals surface area contributed by atoms with E-state index in [1.807, 2.05) is 0 Å². The van der Waals surface area contributed by atoms with E-state index in [1.54, 1.807) is 0 Å². The number of benzene rings is 6. The summed E-state index contributed by atoms with van der Waals surface area (Å²) in [5.41, 5.74) is 18.2. The van der Waals surface area contributed by atoms with Crippen LogP contribution in [-0.4, -0.2) is 32.3 Å². The van der Waals surface area contributed by atoms with E-state index >= 15 is 0 Å². The normalized spacial score (nSPS) is 24.0. The van der Waals surface area contributed by atoms with Crippen molar-refractivity contribution in [2.45, 2.75) is 124 Å². The minimum atomic E-state index is -1.52. The fraction of sp³-hybridized carbons (Fsp3) is 0.357. The molecule has 60 heavy (non-hydrogen) atoms. The largest absolute Gasteiger partial charge is 0.0689 e. The van der Waals surface area contributed by atoms with Crippen molar-refractivity contribution in [3.05, 3.63) is 212 Å². The summed E-state index contributed by atoms with van der Waals surface area (Å²) in [4.78, 5) is 0. The van der Waals surface area contributed by atoms with Gasteiger partial charge in [-0.05, 0) is 94.3 Å². The van der Waals surface area contributed by atoms with Gasteiger partial charge in [0.15, 0.2) is 0 Å². The van der Waals surface area contributed by atoms with Crippen molar-refractivity contribution < 1.29 is 0 Å². The number of hydrogen-bond acceptors (Lipinski definition) is 0. The van der Waals surface area contributed by atoms with Gasteiger partial charge in [-0.3, -0.25) is 0 Å². The zero-order valence-electron chi connectivity index (χ0n) is 37.8. The molecular formula is C56H68Si4. The summed E-state index contributed by atoms with van der Waals surface area (Å²) in [5.74, 6) is 1.66. The minimum Gasteiger partial charge on any atom is -0.0689 e. The Morgan fingerprint density at radius 1 is 0.217 bits per heavy atom. The zero-order chi connectivity index (χ0) is 41.9. The molecule has 8 aliphatic heterocycles. The van der Waals surface area contributed by atoms with E-state index in [2.05, 4.69) is 198 Å². The predicted molar refractivity (Wildman–Crippen MR) is 269 cm³/mol. The van der Waals surface area contributed by atoms with Crippen LogP contribution in [0.25, 0.3) is 0 Å². The van der Waals surface area contributed by atoms with Gasteiger partial charge in [-0.25, -0.2) is 0 Å². The second-order valence-corrected chi connectivity index (χ2v) is 42.9. The summed E-state index contributed by atoms with van der Waals surface area (Å²) in [6.07, 6.45) is 0. The van der Waals surface area contributed by atoms with E-state index < -0.39 is 32.3 Å². The standard InChI is InChI=1S/C56H68Si4/c1-57(2)33-41-9-11-42(12-10-41)34-58(3,4)38-46-19-27-50(28-20-46)54-53(49-25-17-45(37-57)18-26-49)55-51-29-21-47(22-30-51)39-59(5,6)35-43-13-15-44(16-14-43)36-60(7,8)40-48-23-31-52(32-24-48)56(54)55/h9-32,53-56H,33-40H2,1-8H3. The van der Waals surface area contributed by atoms with Crippen LogP contribution in [-0.2, 0) is 48.4 Å². The highest BCUT2D eigenvalue weighted by atomic mass is 28.3. The fourth-order valence-corrected chi connectivity index (χ4v) is 23.3. The Hall–Kier alpha value is -3.81. The number of fused-ring (bicyclic) bond motifs is 6. The molecule has 9 aliphatic rings. The summed E-state index contributed by atoms with van der Waals surface area (Å²) in [6.45, 7) is 20.7. The third-order valence-corrected chi connectivity index (χ3v) is 25.4. The van der Waals surface area contributed by atoms with Gasteiger partial charge < -0.3 is 0 Å². The molecule has 1 fully saturated rings. The van der Waals surface area contributed by atoms with Crippen LogP contribution in [0.5, 0.6) is 0 Å². The Bertz CT molecular complexity index is 2050. The molecule has 0 radical (unpaired) electrons. The highest BCUT2D eigenvalue weighted by Crippen LogP contribution is 2.66. The van der Waals surface area contributed by atoms with Gasteiger partial charge in [0.1, 0.15) is 0 Å². The van der Waals surface area contributed by atoms with Gasteiger partial charge in [0, 0.05) is 0 Å². The Labute approximate surface area is 367 Å². The lowest BCUT2D eigenvalue weighted by molar-refractivity contribution is 0.229. The van der Waals surface area contributed by atoms with Crippen LogP contribution in [0.15, 0.2) is 146 Å². The lowest BCUT2D eigenvalue weighted by atomic mass is 9.49. The smallest absolute Gasteiger partial charge is 0.0561 e. The summed E-state index contributed by atoms with van der Waals surface area (Å²) in [5, 5.41) is 0. The molecule has 0 atom stereocenters. The molecule has 0 nitrogen and oxygen atoms in total. The molecule has 15 rings (SSSR count). The summed E-state index contributed by atoms with van der Waals surface area (Å²) >= 11 is 0. The third-order valence-electron chi connectivity index (χ3n) is 14.5. The van der Waals surface area contributed by atoms with Crippen LogP contribution in [0.4, 0.5) is 0 Å². The Morgan fingerprint density at radius 2 is 0.333 bits per heavy atom.